The molecule has 0 unspecified atom stereocenters. The quantitative estimate of drug-likeness (QED) is 0.151. The van der Waals surface area contributed by atoms with E-state index in [0.717, 1.165) is 22.2 Å². The highest BCUT2D eigenvalue weighted by Crippen LogP contribution is 2.37. The SMILES string of the molecule is Cc1cc(C)c2cccc(OCc3c(Cl)ccc(S(=O)(=O)N4CCC[C@H]4C(=O)N4CCN(C(=O)c5ccc(C=NN)cc5)CC4)c3Cl)c2n1. The predicted molar refractivity (Wildman–Crippen MR) is 190 cm³/mol. The molecule has 1 aromatic heterocycles. The van der Waals surface area contributed by atoms with E-state index in [9.17, 15) is 18.0 Å². The van der Waals surface area contributed by atoms with Gasteiger partial charge in [-0.15, -0.1) is 0 Å². The summed E-state index contributed by atoms with van der Waals surface area (Å²) in [6, 6.07) is 16.5. The van der Waals surface area contributed by atoms with Crippen LogP contribution in [0, 0.1) is 13.8 Å². The number of benzene rings is 3. The second-order valence-corrected chi connectivity index (χ2v) is 14.8. The Bertz CT molecular complexity index is 2050. The molecule has 6 rings (SSSR count). The first-order chi connectivity index (χ1) is 23.5. The second kappa shape index (κ2) is 14.3. The van der Waals surface area contributed by atoms with E-state index >= 15 is 0 Å². The van der Waals surface area contributed by atoms with E-state index in [1.54, 1.807) is 40.1 Å². The van der Waals surface area contributed by atoms with Gasteiger partial charge in [0.05, 0.1) is 11.2 Å². The van der Waals surface area contributed by atoms with Gasteiger partial charge in [0.25, 0.3) is 5.91 Å². The van der Waals surface area contributed by atoms with E-state index in [1.165, 1.54) is 22.7 Å². The van der Waals surface area contributed by atoms with Gasteiger partial charge < -0.3 is 20.4 Å². The number of carbonyl (C=O) groups is 2. The molecule has 1 atom stereocenters. The van der Waals surface area contributed by atoms with Gasteiger partial charge in [0.15, 0.2) is 0 Å². The lowest BCUT2D eigenvalue weighted by molar-refractivity contribution is -0.136. The highest BCUT2D eigenvalue weighted by atomic mass is 35.5. The first kappa shape index (κ1) is 34.6. The summed E-state index contributed by atoms with van der Waals surface area (Å²) in [5, 5.41) is 4.63. The Kier molecular flexibility index (Phi) is 10.1. The Balaban J connectivity index is 1.15. The van der Waals surface area contributed by atoms with Crippen molar-refractivity contribution in [3.63, 3.8) is 0 Å². The van der Waals surface area contributed by atoms with Crippen molar-refractivity contribution in [3.8, 4) is 5.75 Å². The predicted octanol–water partition coefficient (Wildman–Crippen LogP) is 5.17. The monoisotopic (exact) mass is 722 g/mol. The van der Waals surface area contributed by atoms with Crippen molar-refractivity contribution in [3.05, 3.63) is 98.7 Å². The Morgan fingerprint density at radius 1 is 1.00 bits per heavy atom. The summed E-state index contributed by atoms with van der Waals surface area (Å²) in [6.07, 6.45) is 2.39. The first-order valence-electron chi connectivity index (χ1n) is 15.9. The Morgan fingerprint density at radius 3 is 2.43 bits per heavy atom. The summed E-state index contributed by atoms with van der Waals surface area (Å²) in [5.41, 5.74) is 4.20. The number of halogens is 2. The summed E-state index contributed by atoms with van der Waals surface area (Å²) >= 11 is 13.3. The number of hydrogen-bond acceptors (Lipinski definition) is 8. The number of rotatable bonds is 8. The molecular formula is C35H36Cl2N6O5S. The third-order valence-electron chi connectivity index (χ3n) is 9.00. The number of nitrogens with zero attached hydrogens (tertiary/aromatic N) is 5. The van der Waals surface area contributed by atoms with Gasteiger partial charge in [-0.2, -0.15) is 9.41 Å². The summed E-state index contributed by atoms with van der Waals surface area (Å²) < 4.78 is 35.6. The van der Waals surface area contributed by atoms with Crippen molar-refractivity contribution in [2.45, 2.75) is 44.2 Å². The normalized spacial score (nSPS) is 17.3. The fourth-order valence-corrected chi connectivity index (χ4v) is 8.97. The van der Waals surface area contributed by atoms with Crippen LogP contribution in [0.4, 0.5) is 0 Å². The molecule has 3 heterocycles. The standard InChI is InChI=1S/C35H36Cl2N6O5S/c1-22-19-23(2)40-33-26(22)5-3-7-30(33)48-21-27-28(36)12-13-31(32(27)37)49(46,47)43-14-4-6-29(43)35(45)42-17-15-41(16-18-42)34(44)25-10-8-24(9-11-25)20-39-38/h3,5,7-13,19-20,29H,4,6,14-18,21,38H2,1-2H3/t29-/m0/s1. The van der Waals surface area contributed by atoms with E-state index < -0.39 is 16.1 Å². The Morgan fingerprint density at radius 2 is 1.71 bits per heavy atom. The van der Waals surface area contributed by atoms with Crippen molar-refractivity contribution >= 4 is 62.2 Å². The number of aryl methyl sites for hydroxylation is 2. The number of nitrogens with two attached hydrogens (primary N) is 1. The first-order valence-corrected chi connectivity index (χ1v) is 18.1. The average molecular weight is 724 g/mol. The molecule has 0 radical (unpaired) electrons. The molecule has 256 valence electrons. The van der Waals surface area contributed by atoms with Crippen molar-refractivity contribution in [2.24, 2.45) is 10.9 Å². The second-order valence-electron chi connectivity index (χ2n) is 12.2. The van der Waals surface area contributed by atoms with E-state index in [0.29, 0.717) is 48.3 Å². The number of para-hydroxylation sites is 1. The average Bonchev–Trinajstić information content (AvgIpc) is 3.59. The summed E-state index contributed by atoms with van der Waals surface area (Å²) in [5.74, 6) is 5.28. The highest BCUT2D eigenvalue weighted by Gasteiger charge is 2.43. The lowest BCUT2D eigenvalue weighted by Gasteiger charge is -2.37. The van der Waals surface area contributed by atoms with Gasteiger partial charge in [0.1, 0.15) is 28.8 Å². The van der Waals surface area contributed by atoms with Gasteiger partial charge in [-0.05, 0) is 74.2 Å². The molecule has 2 saturated heterocycles. The number of piperazine rings is 1. The molecule has 2 amide bonds. The lowest BCUT2D eigenvalue weighted by atomic mass is 10.1. The minimum Gasteiger partial charge on any atom is -0.487 e. The summed E-state index contributed by atoms with van der Waals surface area (Å²) in [6.45, 7) is 5.23. The van der Waals surface area contributed by atoms with Crippen molar-refractivity contribution < 1.29 is 22.7 Å². The molecule has 0 saturated carbocycles. The van der Waals surface area contributed by atoms with Gasteiger partial charge in [-0.25, -0.2) is 13.4 Å². The van der Waals surface area contributed by atoms with Crippen molar-refractivity contribution in [2.75, 3.05) is 32.7 Å². The molecule has 49 heavy (non-hydrogen) atoms. The maximum Gasteiger partial charge on any atom is 0.253 e. The number of hydrazone groups is 1. The largest absolute Gasteiger partial charge is 0.487 e. The summed E-state index contributed by atoms with van der Waals surface area (Å²) in [7, 11) is -4.19. The smallest absolute Gasteiger partial charge is 0.253 e. The zero-order valence-electron chi connectivity index (χ0n) is 27.1. The van der Waals surface area contributed by atoms with E-state index in [-0.39, 0.29) is 53.0 Å². The van der Waals surface area contributed by atoms with Crippen LogP contribution in [0.25, 0.3) is 10.9 Å². The van der Waals surface area contributed by atoms with E-state index in [2.05, 4.69) is 10.1 Å². The third kappa shape index (κ3) is 6.96. The van der Waals surface area contributed by atoms with E-state index in [4.69, 9.17) is 33.8 Å². The number of aromatic nitrogens is 1. The Labute approximate surface area is 295 Å². The fraction of sp³-hybridized carbons (Fsp3) is 0.314. The summed E-state index contributed by atoms with van der Waals surface area (Å²) in [4.78, 5) is 34.7. The molecule has 14 heteroatoms. The molecule has 4 aromatic rings. The van der Waals surface area contributed by atoms with Gasteiger partial charge in [-0.1, -0.05) is 47.5 Å². The van der Waals surface area contributed by atoms with Crippen LogP contribution in [0.1, 0.15) is 45.6 Å². The molecule has 0 aliphatic carbocycles. The molecule has 2 fully saturated rings. The molecule has 0 spiro atoms. The topological polar surface area (TPSA) is 138 Å². The van der Waals surface area contributed by atoms with Crippen LogP contribution in [-0.2, 0) is 21.4 Å². The molecule has 11 nitrogen and oxygen atoms in total. The molecule has 2 aliphatic rings. The lowest BCUT2D eigenvalue weighted by Crippen LogP contribution is -2.55. The third-order valence-corrected chi connectivity index (χ3v) is 11.8. The maximum atomic E-state index is 14.1. The van der Waals surface area contributed by atoms with Crippen LogP contribution in [0.2, 0.25) is 10.0 Å². The van der Waals surface area contributed by atoms with Crippen molar-refractivity contribution in [1.29, 1.82) is 0 Å². The maximum absolute atomic E-state index is 14.1. The highest BCUT2D eigenvalue weighted by molar-refractivity contribution is 7.89. The number of hydrogen-bond donors (Lipinski definition) is 1. The van der Waals surface area contributed by atoms with Gasteiger partial charge in [-0.3, -0.25) is 9.59 Å². The molecule has 2 N–H and O–H groups in total. The van der Waals surface area contributed by atoms with E-state index in [1.807, 2.05) is 32.0 Å². The number of sulfonamides is 1. The Hall–Kier alpha value is -4.23. The van der Waals surface area contributed by atoms with Gasteiger partial charge in [0, 0.05) is 60.0 Å². The van der Waals surface area contributed by atoms with Crippen LogP contribution in [-0.4, -0.2) is 84.3 Å². The van der Waals surface area contributed by atoms with Crippen LogP contribution in [0.5, 0.6) is 5.75 Å². The van der Waals surface area contributed by atoms with Crippen LogP contribution >= 0.6 is 23.2 Å². The minimum absolute atomic E-state index is 0.0540. The zero-order chi connectivity index (χ0) is 34.9. The van der Waals surface area contributed by atoms with Gasteiger partial charge >= 0.3 is 0 Å². The number of amides is 2. The fourth-order valence-electron chi connectivity index (χ4n) is 6.45. The number of pyridine rings is 1. The molecule has 0 bridgehead atoms. The molecular weight excluding hydrogens is 687 g/mol. The zero-order valence-corrected chi connectivity index (χ0v) is 29.4. The van der Waals surface area contributed by atoms with Gasteiger partial charge in [0.2, 0.25) is 15.9 Å². The van der Waals surface area contributed by atoms with Crippen LogP contribution < -0.4 is 10.6 Å². The number of fused-ring (bicyclic) bond motifs is 1. The minimum atomic E-state index is -4.19. The van der Waals surface area contributed by atoms with Crippen LogP contribution in [0.15, 0.2) is 70.7 Å². The van der Waals surface area contributed by atoms with Crippen LogP contribution in [0.3, 0.4) is 0 Å². The van der Waals surface area contributed by atoms with Crippen molar-refractivity contribution in [1.82, 2.24) is 19.1 Å². The molecule has 2 aliphatic heterocycles. The molecule has 3 aromatic carbocycles. The number of carbonyl (C=O) groups excluding carboxylic acids is 2. The number of ether oxygens (including phenoxy) is 1.